The van der Waals surface area contributed by atoms with Crippen molar-refractivity contribution < 1.29 is 41.1 Å². The molecule has 258 valence electrons. The van der Waals surface area contributed by atoms with Crippen molar-refractivity contribution in [3.63, 3.8) is 0 Å². The van der Waals surface area contributed by atoms with Gasteiger partial charge in [0, 0.05) is 24.6 Å². The summed E-state index contributed by atoms with van der Waals surface area (Å²) >= 11 is 8.67. The molecule has 1 N–H and O–H groups in total. The molecule has 9 atom stereocenters. The van der Waals surface area contributed by atoms with E-state index >= 15 is 0 Å². The van der Waals surface area contributed by atoms with Crippen molar-refractivity contribution in [2.75, 3.05) is 13.2 Å². The molecule has 5 heterocycles. The molecule has 47 heavy (non-hydrogen) atoms. The predicted molar refractivity (Wildman–Crippen MR) is 178 cm³/mol. The van der Waals surface area contributed by atoms with Gasteiger partial charge in [-0.1, -0.05) is 45.3 Å². The number of ether oxygens (including phenoxy) is 2. The normalized spacial score (nSPS) is 35.5. The number of hydrogen-bond acceptors (Lipinski definition) is 14. The van der Waals surface area contributed by atoms with Crippen LogP contribution in [0.1, 0.15) is 39.8 Å². The Morgan fingerprint density at radius 1 is 1.04 bits per heavy atom. The maximum absolute atomic E-state index is 14.0. The maximum atomic E-state index is 14.0. The topological polar surface area (TPSA) is 188 Å². The van der Waals surface area contributed by atoms with Gasteiger partial charge in [-0.25, -0.2) is 29.1 Å². The van der Waals surface area contributed by atoms with Gasteiger partial charge in [-0.05, 0) is 24.6 Å². The van der Waals surface area contributed by atoms with Crippen LogP contribution >= 0.6 is 38.1 Å². The van der Waals surface area contributed by atoms with E-state index in [1.54, 1.807) is 12.3 Å². The Balaban J connectivity index is 1.35. The number of aromatic nitrogens is 6. The van der Waals surface area contributed by atoms with Crippen molar-refractivity contribution in [3.8, 4) is 5.88 Å². The molecule has 0 radical (unpaired) electrons. The van der Waals surface area contributed by atoms with Gasteiger partial charge in [0.15, 0.2) is 25.7 Å². The van der Waals surface area contributed by atoms with Crippen LogP contribution in [0.3, 0.4) is 0 Å². The lowest BCUT2D eigenvalue weighted by Gasteiger charge is -2.40. The Labute approximate surface area is 282 Å². The van der Waals surface area contributed by atoms with Crippen LogP contribution < -0.4 is 10.3 Å². The highest BCUT2D eigenvalue weighted by Crippen LogP contribution is 2.61. The van der Waals surface area contributed by atoms with E-state index in [2.05, 4.69) is 70.2 Å². The molecule has 2 bridgehead atoms. The van der Waals surface area contributed by atoms with Crippen LogP contribution in [0, 0.1) is 5.92 Å². The van der Waals surface area contributed by atoms with Crippen molar-refractivity contribution in [2.24, 2.45) is 5.92 Å². The average molecular weight is 749 g/mol. The van der Waals surface area contributed by atoms with Gasteiger partial charge < -0.3 is 23.4 Å². The van der Waals surface area contributed by atoms with Crippen LogP contribution in [-0.4, -0.2) is 81.5 Å². The van der Waals surface area contributed by atoms with Gasteiger partial charge in [-0.15, -0.1) is 0 Å². The molecule has 3 aromatic heterocycles. The fourth-order valence-electron chi connectivity index (χ4n) is 5.59. The molecule has 6 rings (SSSR count). The summed E-state index contributed by atoms with van der Waals surface area (Å²) in [4.78, 5) is 31.5. The number of aromatic amines is 1. The molecular weight excluding hydrogens is 710 g/mol. The minimum Gasteiger partial charge on any atom is -0.474 e. The van der Waals surface area contributed by atoms with Gasteiger partial charge in [0.2, 0.25) is 5.88 Å². The smallest absolute Gasteiger partial charge is 0.386 e. The van der Waals surface area contributed by atoms with Crippen molar-refractivity contribution >= 4 is 57.6 Å². The fourth-order valence-corrected chi connectivity index (χ4v) is 9.97. The molecule has 21 heteroatoms. The van der Waals surface area contributed by atoms with Crippen LogP contribution in [0.15, 0.2) is 36.0 Å². The van der Waals surface area contributed by atoms with E-state index in [0.29, 0.717) is 18.7 Å². The summed E-state index contributed by atoms with van der Waals surface area (Å²) in [5.74, 6) is -0.0722. The third-order valence-electron chi connectivity index (χ3n) is 8.97. The Morgan fingerprint density at radius 3 is 2.51 bits per heavy atom. The van der Waals surface area contributed by atoms with E-state index in [9.17, 15) is 13.9 Å². The van der Waals surface area contributed by atoms with E-state index in [-0.39, 0.29) is 35.5 Å². The average Bonchev–Trinajstić information content (AvgIpc) is 3.66. The Kier molecular flexibility index (Phi) is 9.92. The number of rotatable bonds is 5. The van der Waals surface area contributed by atoms with Gasteiger partial charge in [-0.2, -0.15) is 0 Å². The number of imidazole rings is 1. The maximum Gasteiger partial charge on any atom is 0.386 e. The molecule has 0 aromatic carbocycles. The van der Waals surface area contributed by atoms with Crippen molar-refractivity contribution in [1.29, 1.82) is 0 Å². The molecule has 3 aromatic rings. The zero-order chi connectivity index (χ0) is 33.8. The number of nitrogens with zero attached hydrogens (tertiary/aromatic N) is 5. The first-order chi connectivity index (χ1) is 22.0. The second-order valence-corrected chi connectivity index (χ2v) is 23.7. The van der Waals surface area contributed by atoms with Crippen molar-refractivity contribution in [1.82, 2.24) is 29.5 Å². The first-order valence-corrected chi connectivity index (χ1v) is 23.3. The van der Waals surface area contributed by atoms with Crippen LogP contribution in [0.4, 0.5) is 0 Å². The van der Waals surface area contributed by atoms with Crippen LogP contribution in [0.2, 0.25) is 18.1 Å². The highest BCUT2D eigenvalue weighted by molar-refractivity contribution is 8.44. The molecule has 0 unspecified atom stereocenters. The monoisotopic (exact) mass is 748 g/mol. The summed E-state index contributed by atoms with van der Waals surface area (Å²) in [7, 11) is -2.56. The molecule has 0 spiro atoms. The quantitative estimate of drug-likeness (QED) is 0.181. The van der Waals surface area contributed by atoms with E-state index in [4.69, 9.17) is 32.0 Å². The Hall–Kier alpha value is -1.63. The van der Waals surface area contributed by atoms with Gasteiger partial charge in [0.1, 0.15) is 30.7 Å². The second-order valence-electron chi connectivity index (χ2n) is 13.2. The highest BCUT2D eigenvalue weighted by Gasteiger charge is 2.55. The standard InChI is InChI=1S/C26H38N6O10P2S2Si/c1-26(2,3)47(4,5)42-21-18-11-37-43(34,45)40-17-9-16(38-19-6-7-27-12-28-19)8-15(17)10-36-44(35,46)41-22(21)25(39-18)32-14-31-20-23(32)29-13-30-24(20)33/h6-7,12-18,21-22,25H,8-11H2,1-5H3,(H,34,45)(H,35,46)(H,29,30,33)/t15-,16-,17+,18-,21-,22-,25-,43+,44+/m1/s1. The molecular formula is C26H38N6O10P2S2Si. The van der Waals surface area contributed by atoms with Gasteiger partial charge in [0.05, 0.1) is 32.0 Å². The minimum atomic E-state index is -4.14. The van der Waals surface area contributed by atoms with Crippen molar-refractivity contribution in [3.05, 3.63) is 41.6 Å². The summed E-state index contributed by atoms with van der Waals surface area (Å²) in [6, 6.07) is 1.62. The third-order valence-corrected chi connectivity index (χ3v) is 16.7. The fraction of sp³-hybridized carbons (Fsp3) is 0.654. The third kappa shape index (κ3) is 7.75. The lowest BCUT2D eigenvalue weighted by Crippen LogP contribution is -2.50. The summed E-state index contributed by atoms with van der Waals surface area (Å²) in [6.07, 6.45) is 1.14. The Bertz CT molecular complexity index is 1750. The molecule has 3 fully saturated rings. The first-order valence-electron chi connectivity index (χ1n) is 15.0. The SMILES string of the molecule is CC(C)(C)[Si](C)(C)O[C@H]1[C@H]2O[P@@](=O)(S)OC[C@H]3C[C@@H](Oc4ccncn4)C[C@@H]3O[P@@](=O)(S)OC[C@H]1O[C@H]2n1cnc2c(=O)[nH]cnc21. The molecule has 3 aliphatic rings. The summed E-state index contributed by atoms with van der Waals surface area (Å²) < 4.78 is 72.4. The van der Waals surface area contributed by atoms with Gasteiger partial charge in [0.25, 0.3) is 5.56 Å². The van der Waals surface area contributed by atoms with Gasteiger partial charge >= 0.3 is 13.6 Å². The summed E-state index contributed by atoms with van der Waals surface area (Å²) in [5.41, 5.74) is -0.192. The second kappa shape index (κ2) is 13.2. The van der Waals surface area contributed by atoms with E-state index in [0.717, 1.165) is 0 Å². The van der Waals surface area contributed by atoms with Crippen LogP contribution in [0.5, 0.6) is 5.88 Å². The summed E-state index contributed by atoms with van der Waals surface area (Å²) in [5, 5.41) is -0.245. The first kappa shape index (κ1) is 35.2. The zero-order valence-electron chi connectivity index (χ0n) is 26.4. The molecule has 16 nitrogen and oxygen atoms in total. The van der Waals surface area contributed by atoms with E-state index in [1.807, 2.05) is 13.1 Å². The lowest BCUT2D eigenvalue weighted by atomic mass is 10.1. The Morgan fingerprint density at radius 2 is 1.79 bits per heavy atom. The molecule has 0 amide bonds. The number of fused-ring (bicyclic) bond motifs is 4. The summed E-state index contributed by atoms with van der Waals surface area (Å²) in [6.45, 7) is 1.73. The van der Waals surface area contributed by atoms with Gasteiger partial charge in [-0.3, -0.25) is 22.9 Å². The molecule has 1 aliphatic carbocycles. The van der Waals surface area contributed by atoms with E-state index < -0.39 is 64.0 Å². The number of thiol groups is 2. The van der Waals surface area contributed by atoms with Crippen molar-refractivity contribution in [2.45, 2.75) is 88.5 Å². The largest absolute Gasteiger partial charge is 0.474 e. The zero-order valence-corrected chi connectivity index (χ0v) is 30.9. The van der Waals surface area contributed by atoms with Crippen LogP contribution in [-0.2, 0) is 36.4 Å². The van der Waals surface area contributed by atoms with E-state index in [1.165, 1.54) is 23.5 Å². The molecule has 2 saturated heterocycles. The molecule has 2 aliphatic heterocycles. The number of H-pyrrole nitrogens is 1. The minimum absolute atomic E-state index is 0.0652. The predicted octanol–water partition coefficient (Wildman–Crippen LogP) is 4.95. The molecule has 1 saturated carbocycles. The lowest BCUT2D eigenvalue weighted by molar-refractivity contribution is -0.0482. The van der Waals surface area contributed by atoms with Crippen LogP contribution in [0.25, 0.3) is 11.2 Å². The highest BCUT2D eigenvalue weighted by atomic mass is 32.7. The number of nitrogens with one attached hydrogen (secondary N) is 1. The number of hydrogen-bond donors (Lipinski definition) is 3.